The average Bonchev–Trinajstić information content (AvgIpc) is 3.06. The molecule has 2 heteroatoms. The molecule has 4 unspecified atom stereocenters. The van der Waals surface area contributed by atoms with Crippen molar-refractivity contribution in [3.8, 4) is 0 Å². The molecule has 0 heterocycles. The van der Waals surface area contributed by atoms with Crippen LogP contribution in [0.3, 0.4) is 0 Å². The molecular formula is C26H41FO. The second-order valence-electron chi connectivity index (χ2n) is 10.0. The van der Waals surface area contributed by atoms with Crippen LogP contribution in [0.5, 0.6) is 0 Å². The first-order valence-corrected chi connectivity index (χ1v) is 11.9. The van der Waals surface area contributed by atoms with Gasteiger partial charge in [-0.15, -0.1) is 0 Å². The maximum atomic E-state index is 13.2. The van der Waals surface area contributed by atoms with Crippen molar-refractivity contribution in [1.29, 1.82) is 0 Å². The molecule has 4 atom stereocenters. The maximum Gasteiger partial charge on any atom is 0.0901 e. The third-order valence-corrected chi connectivity index (χ3v) is 8.16. The lowest BCUT2D eigenvalue weighted by Crippen LogP contribution is -2.33. The van der Waals surface area contributed by atoms with Crippen LogP contribution in [-0.4, -0.2) is 11.7 Å². The molecule has 3 fully saturated rings. The molecule has 0 radical (unpaired) electrons. The Morgan fingerprint density at radius 1 is 1.07 bits per heavy atom. The van der Waals surface area contributed by atoms with E-state index >= 15 is 0 Å². The molecule has 0 aromatic rings. The van der Waals surface area contributed by atoms with E-state index in [1.54, 1.807) is 5.57 Å². The van der Waals surface area contributed by atoms with E-state index in [-0.39, 0.29) is 0 Å². The monoisotopic (exact) mass is 388 g/mol. The molecule has 158 valence electrons. The van der Waals surface area contributed by atoms with Crippen LogP contribution in [0.15, 0.2) is 35.2 Å². The zero-order valence-electron chi connectivity index (χ0n) is 18.2. The summed E-state index contributed by atoms with van der Waals surface area (Å²) in [4.78, 5) is 0. The van der Waals surface area contributed by atoms with Gasteiger partial charge in [0, 0.05) is 6.61 Å². The van der Waals surface area contributed by atoms with Crippen LogP contribution >= 0.6 is 0 Å². The highest BCUT2D eigenvalue weighted by molar-refractivity contribution is 5.36. The van der Waals surface area contributed by atoms with Crippen molar-refractivity contribution in [3.63, 3.8) is 0 Å². The molecule has 3 aliphatic rings. The van der Waals surface area contributed by atoms with Crippen molar-refractivity contribution >= 4 is 0 Å². The Bertz CT molecular complexity index is 602. The second-order valence-corrected chi connectivity index (χ2v) is 10.0. The van der Waals surface area contributed by atoms with E-state index in [9.17, 15) is 9.50 Å². The van der Waals surface area contributed by atoms with Gasteiger partial charge in [0.25, 0.3) is 0 Å². The van der Waals surface area contributed by atoms with E-state index in [4.69, 9.17) is 0 Å². The molecule has 28 heavy (non-hydrogen) atoms. The van der Waals surface area contributed by atoms with Crippen molar-refractivity contribution in [2.24, 2.45) is 23.2 Å². The summed E-state index contributed by atoms with van der Waals surface area (Å²) in [6.07, 6.45) is 21.5. The first-order chi connectivity index (χ1) is 13.6. The van der Waals surface area contributed by atoms with Gasteiger partial charge < -0.3 is 5.11 Å². The lowest BCUT2D eigenvalue weighted by atomic mass is 9.62. The largest absolute Gasteiger partial charge is 0.396 e. The summed E-state index contributed by atoms with van der Waals surface area (Å²) in [6, 6.07) is 0. The van der Waals surface area contributed by atoms with Crippen LogP contribution in [-0.2, 0) is 0 Å². The third kappa shape index (κ3) is 4.99. The van der Waals surface area contributed by atoms with Crippen LogP contribution in [0.2, 0.25) is 0 Å². The summed E-state index contributed by atoms with van der Waals surface area (Å²) in [5, 5.41) is 9.21. The first-order valence-electron chi connectivity index (χ1n) is 11.9. The van der Waals surface area contributed by atoms with E-state index < -0.39 is 0 Å². The molecule has 1 N–H and O–H groups in total. The highest BCUT2D eigenvalue weighted by Crippen LogP contribution is 2.58. The minimum Gasteiger partial charge on any atom is -0.396 e. The Labute approximate surface area is 172 Å². The van der Waals surface area contributed by atoms with Gasteiger partial charge in [-0.2, -0.15) is 0 Å². The van der Waals surface area contributed by atoms with Gasteiger partial charge in [-0.05, 0) is 105 Å². The zero-order valence-corrected chi connectivity index (χ0v) is 18.2. The molecule has 3 aliphatic carbocycles. The zero-order chi connectivity index (χ0) is 20.0. The predicted molar refractivity (Wildman–Crippen MR) is 117 cm³/mol. The third-order valence-electron chi connectivity index (χ3n) is 8.16. The highest BCUT2D eigenvalue weighted by Gasteiger charge is 2.48. The Morgan fingerprint density at radius 3 is 2.61 bits per heavy atom. The summed E-state index contributed by atoms with van der Waals surface area (Å²) in [6.45, 7) is 5.03. The predicted octanol–water partition coefficient (Wildman–Crippen LogP) is 7.67. The fraction of sp³-hybridized carbons (Fsp3) is 0.769. The van der Waals surface area contributed by atoms with Gasteiger partial charge in [0.05, 0.1) is 6.33 Å². The number of hydrogen-bond donors (Lipinski definition) is 1. The molecule has 0 bridgehead atoms. The van der Waals surface area contributed by atoms with Gasteiger partial charge in [-0.25, -0.2) is 4.39 Å². The van der Waals surface area contributed by atoms with E-state index in [2.05, 4.69) is 26.0 Å². The number of unbranched alkanes of at least 4 members (excludes halogenated alkanes) is 1. The van der Waals surface area contributed by atoms with E-state index in [1.807, 2.05) is 0 Å². The van der Waals surface area contributed by atoms with Crippen molar-refractivity contribution in [1.82, 2.24) is 0 Å². The van der Waals surface area contributed by atoms with Crippen molar-refractivity contribution in [2.75, 3.05) is 6.61 Å². The summed E-state index contributed by atoms with van der Waals surface area (Å²) < 4.78 is 13.2. The van der Waals surface area contributed by atoms with Gasteiger partial charge in [-0.1, -0.05) is 44.4 Å². The summed E-state index contributed by atoms with van der Waals surface area (Å²) >= 11 is 0. The topological polar surface area (TPSA) is 20.2 Å². The van der Waals surface area contributed by atoms with Crippen LogP contribution in [0.25, 0.3) is 0 Å². The Kier molecular flexibility index (Phi) is 7.97. The van der Waals surface area contributed by atoms with Crippen LogP contribution < -0.4 is 0 Å². The van der Waals surface area contributed by atoms with E-state index in [1.165, 1.54) is 63.4 Å². The minimum absolute atomic E-state index is 0.326. The van der Waals surface area contributed by atoms with Crippen molar-refractivity contribution in [3.05, 3.63) is 35.2 Å². The second kappa shape index (κ2) is 10.2. The lowest BCUT2D eigenvalue weighted by Gasteiger charge is -2.42. The number of rotatable bonds is 7. The van der Waals surface area contributed by atoms with Gasteiger partial charge in [0.2, 0.25) is 0 Å². The Balaban J connectivity index is 1.63. The first kappa shape index (κ1) is 21.8. The van der Waals surface area contributed by atoms with Gasteiger partial charge in [-0.3, -0.25) is 0 Å². The summed E-state index contributed by atoms with van der Waals surface area (Å²) in [5.74, 6) is 2.04. The van der Waals surface area contributed by atoms with E-state index in [0.29, 0.717) is 17.9 Å². The molecule has 0 spiro atoms. The van der Waals surface area contributed by atoms with Crippen LogP contribution in [0.1, 0.15) is 97.3 Å². The number of allylic oxidation sites excluding steroid dienone is 5. The lowest BCUT2D eigenvalue weighted by molar-refractivity contribution is 0.126. The number of hydrogen-bond acceptors (Lipinski definition) is 1. The summed E-state index contributed by atoms with van der Waals surface area (Å²) in [7, 11) is 0. The van der Waals surface area contributed by atoms with Crippen LogP contribution in [0.4, 0.5) is 4.39 Å². The van der Waals surface area contributed by atoms with Gasteiger partial charge in [0.1, 0.15) is 0 Å². The molecule has 0 saturated heterocycles. The SMILES string of the molecule is CC(CO)CCCCC1CCC2/C(=C/C=C3/CCCC/C3=C\F)CCCC12C. The van der Waals surface area contributed by atoms with E-state index in [0.717, 1.165) is 49.4 Å². The normalized spacial score (nSPS) is 36.2. The maximum absolute atomic E-state index is 13.2. The molecule has 3 rings (SSSR count). The number of halogens is 1. The molecule has 1 nitrogen and oxygen atoms in total. The quantitative estimate of drug-likeness (QED) is 0.444. The average molecular weight is 389 g/mol. The van der Waals surface area contributed by atoms with Gasteiger partial charge >= 0.3 is 0 Å². The fourth-order valence-corrected chi connectivity index (χ4v) is 6.27. The number of fused-ring (bicyclic) bond motifs is 1. The number of aliphatic hydroxyl groups is 1. The Hall–Kier alpha value is -0.890. The van der Waals surface area contributed by atoms with Crippen molar-refractivity contribution < 1.29 is 9.50 Å². The minimum atomic E-state index is 0.326. The van der Waals surface area contributed by atoms with Gasteiger partial charge in [0.15, 0.2) is 0 Å². The molecule has 0 amide bonds. The highest BCUT2D eigenvalue weighted by atomic mass is 19.1. The molecule has 0 aliphatic heterocycles. The van der Waals surface area contributed by atoms with Crippen LogP contribution in [0, 0.1) is 23.2 Å². The molecule has 3 saturated carbocycles. The van der Waals surface area contributed by atoms with Crippen molar-refractivity contribution in [2.45, 2.75) is 97.3 Å². The fourth-order valence-electron chi connectivity index (χ4n) is 6.27. The standard InChI is InChI=1S/C26H41FO/c1-20(19-28)8-3-6-12-24-15-16-25-22(11-7-17-26(24,25)2)14-13-21-9-4-5-10-23(21)18-27/h13-14,18,20,24-25,28H,3-12,15-17,19H2,1-2H3/b21-13-,22-14+,23-18+. The molecule has 0 aromatic heterocycles. The Morgan fingerprint density at radius 2 is 1.86 bits per heavy atom. The number of aliphatic hydroxyl groups excluding tert-OH is 1. The molecule has 0 aromatic carbocycles. The smallest absolute Gasteiger partial charge is 0.0901 e. The summed E-state index contributed by atoms with van der Waals surface area (Å²) in [5.41, 5.74) is 4.28. The molecular weight excluding hydrogens is 347 g/mol.